The van der Waals surface area contributed by atoms with Crippen molar-refractivity contribution < 1.29 is 17.9 Å². The van der Waals surface area contributed by atoms with Crippen LogP contribution in [0.4, 0.5) is 13.2 Å². The van der Waals surface area contributed by atoms with Crippen molar-refractivity contribution in [2.24, 2.45) is 11.8 Å². The molecule has 1 fully saturated rings. The first-order chi connectivity index (χ1) is 9.36. The zero-order valence-electron chi connectivity index (χ0n) is 10.6. The van der Waals surface area contributed by atoms with Gasteiger partial charge in [0.15, 0.2) is 0 Å². The van der Waals surface area contributed by atoms with Crippen LogP contribution in [0.3, 0.4) is 0 Å². The Morgan fingerprint density at radius 1 is 1.30 bits per heavy atom. The highest BCUT2D eigenvalue weighted by molar-refractivity contribution is 9.10. The van der Waals surface area contributed by atoms with Gasteiger partial charge in [-0.05, 0) is 53.6 Å². The van der Waals surface area contributed by atoms with Crippen molar-refractivity contribution >= 4 is 27.5 Å². The number of pyridine rings is 1. The largest absolute Gasteiger partial charge is 0.476 e. The molecule has 1 heterocycles. The Hall–Kier alpha value is -0.490. The second kappa shape index (κ2) is 6.52. The minimum absolute atomic E-state index is 0.134. The summed E-state index contributed by atoms with van der Waals surface area (Å²) in [6, 6.07) is 1.67. The van der Waals surface area contributed by atoms with E-state index in [1.807, 2.05) is 0 Å². The summed E-state index contributed by atoms with van der Waals surface area (Å²) in [6.45, 7) is 0.360. The summed E-state index contributed by atoms with van der Waals surface area (Å²) in [5.74, 6) is -0.698. The van der Waals surface area contributed by atoms with Crippen LogP contribution in [0.25, 0.3) is 0 Å². The van der Waals surface area contributed by atoms with Crippen LogP contribution in [-0.4, -0.2) is 17.8 Å². The lowest BCUT2D eigenvalue weighted by molar-refractivity contribution is -0.184. The van der Waals surface area contributed by atoms with Gasteiger partial charge in [-0.1, -0.05) is 11.6 Å². The van der Waals surface area contributed by atoms with Crippen LogP contribution in [-0.2, 0) is 0 Å². The first-order valence-electron chi connectivity index (χ1n) is 6.37. The SMILES string of the molecule is FC(F)(F)C1CCC(COc2ncc(Br)cc2Cl)CC1. The Morgan fingerprint density at radius 2 is 1.95 bits per heavy atom. The Balaban J connectivity index is 1.82. The fraction of sp³-hybridized carbons (Fsp3) is 0.615. The van der Waals surface area contributed by atoms with Crippen molar-refractivity contribution in [2.75, 3.05) is 6.61 Å². The molecular formula is C13H14BrClF3NO. The monoisotopic (exact) mass is 371 g/mol. The van der Waals surface area contributed by atoms with E-state index < -0.39 is 12.1 Å². The molecule has 0 N–H and O–H groups in total. The fourth-order valence-corrected chi connectivity index (χ4v) is 3.05. The number of rotatable bonds is 3. The van der Waals surface area contributed by atoms with Gasteiger partial charge in [-0.15, -0.1) is 0 Å². The Morgan fingerprint density at radius 3 is 2.50 bits per heavy atom. The smallest absolute Gasteiger partial charge is 0.391 e. The lowest BCUT2D eigenvalue weighted by Gasteiger charge is -2.29. The summed E-state index contributed by atoms with van der Waals surface area (Å²) in [5.41, 5.74) is 0. The summed E-state index contributed by atoms with van der Waals surface area (Å²) in [4.78, 5) is 4.04. The zero-order chi connectivity index (χ0) is 14.8. The molecule has 2 nitrogen and oxygen atoms in total. The number of halogens is 5. The van der Waals surface area contributed by atoms with Crippen LogP contribution in [0.2, 0.25) is 5.02 Å². The molecule has 0 spiro atoms. The lowest BCUT2D eigenvalue weighted by Crippen LogP contribution is -2.29. The Kier molecular flexibility index (Phi) is 5.18. The van der Waals surface area contributed by atoms with Gasteiger partial charge in [0, 0.05) is 10.7 Å². The predicted octanol–water partition coefficient (Wildman–Crippen LogP) is 5.25. The molecule has 2 rings (SSSR count). The number of aromatic nitrogens is 1. The average molecular weight is 373 g/mol. The third kappa shape index (κ3) is 4.25. The van der Waals surface area contributed by atoms with Crippen molar-refractivity contribution in [3.05, 3.63) is 21.8 Å². The summed E-state index contributed by atoms with van der Waals surface area (Å²) in [6.07, 6.45) is -1.08. The van der Waals surface area contributed by atoms with Gasteiger partial charge in [-0.25, -0.2) is 4.98 Å². The van der Waals surface area contributed by atoms with Crippen LogP contribution >= 0.6 is 27.5 Å². The molecular weight excluding hydrogens is 359 g/mol. The van der Waals surface area contributed by atoms with Gasteiger partial charge in [0.05, 0.1) is 12.5 Å². The third-order valence-electron chi connectivity index (χ3n) is 3.54. The van der Waals surface area contributed by atoms with Gasteiger partial charge in [0.1, 0.15) is 5.02 Å². The van der Waals surface area contributed by atoms with Gasteiger partial charge < -0.3 is 4.74 Å². The molecule has 1 aliphatic rings. The third-order valence-corrected chi connectivity index (χ3v) is 4.24. The van der Waals surface area contributed by atoms with Gasteiger partial charge in [-0.2, -0.15) is 13.2 Å². The molecule has 1 aromatic rings. The molecule has 20 heavy (non-hydrogen) atoms. The standard InChI is InChI=1S/C13H14BrClF3NO/c14-10-5-11(15)12(19-6-10)20-7-8-1-3-9(4-2-8)13(16,17)18/h5-6,8-9H,1-4,7H2. The highest BCUT2D eigenvalue weighted by Crippen LogP contribution is 2.39. The molecule has 0 aromatic carbocycles. The van der Waals surface area contributed by atoms with Gasteiger partial charge >= 0.3 is 6.18 Å². The molecule has 0 unspecified atom stereocenters. The number of hydrogen-bond donors (Lipinski definition) is 0. The van der Waals surface area contributed by atoms with E-state index in [2.05, 4.69) is 20.9 Å². The molecule has 0 radical (unpaired) electrons. The highest BCUT2D eigenvalue weighted by Gasteiger charge is 2.41. The van der Waals surface area contributed by atoms with Crippen molar-refractivity contribution in [3.8, 4) is 5.88 Å². The van der Waals surface area contributed by atoms with E-state index in [0.717, 1.165) is 4.47 Å². The van der Waals surface area contributed by atoms with E-state index in [1.165, 1.54) is 0 Å². The fourth-order valence-electron chi connectivity index (χ4n) is 2.36. The van der Waals surface area contributed by atoms with Crippen LogP contribution < -0.4 is 4.74 Å². The summed E-state index contributed by atoms with van der Waals surface area (Å²) < 4.78 is 43.9. The Labute approximate surface area is 128 Å². The summed E-state index contributed by atoms with van der Waals surface area (Å²) >= 11 is 9.20. The maximum absolute atomic E-state index is 12.5. The van der Waals surface area contributed by atoms with Crippen LogP contribution in [0.5, 0.6) is 5.88 Å². The van der Waals surface area contributed by atoms with Crippen LogP contribution in [0.15, 0.2) is 16.7 Å². The molecule has 0 amide bonds. The van der Waals surface area contributed by atoms with E-state index in [4.69, 9.17) is 16.3 Å². The van der Waals surface area contributed by atoms with Crippen molar-refractivity contribution in [2.45, 2.75) is 31.9 Å². The molecule has 1 aliphatic carbocycles. The normalized spacial score (nSPS) is 23.6. The van der Waals surface area contributed by atoms with E-state index in [-0.39, 0.29) is 18.8 Å². The van der Waals surface area contributed by atoms with Gasteiger partial charge in [0.2, 0.25) is 5.88 Å². The van der Waals surface area contributed by atoms with E-state index in [9.17, 15) is 13.2 Å². The van der Waals surface area contributed by atoms with Gasteiger partial charge in [0.25, 0.3) is 0 Å². The number of hydrogen-bond acceptors (Lipinski definition) is 2. The van der Waals surface area contributed by atoms with Crippen molar-refractivity contribution in [1.29, 1.82) is 0 Å². The molecule has 0 saturated heterocycles. The average Bonchev–Trinajstić information content (AvgIpc) is 2.37. The van der Waals surface area contributed by atoms with Crippen LogP contribution in [0.1, 0.15) is 25.7 Å². The Bertz CT molecular complexity index is 461. The first kappa shape index (κ1) is 15.9. The highest BCUT2D eigenvalue weighted by atomic mass is 79.9. The summed E-state index contributed by atoms with van der Waals surface area (Å²) in [5, 5.41) is 0.392. The first-order valence-corrected chi connectivity index (χ1v) is 7.54. The van der Waals surface area contributed by atoms with E-state index in [0.29, 0.717) is 30.4 Å². The quantitative estimate of drug-likeness (QED) is 0.723. The van der Waals surface area contributed by atoms with Crippen molar-refractivity contribution in [1.82, 2.24) is 4.98 Å². The minimum Gasteiger partial charge on any atom is -0.476 e. The lowest BCUT2D eigenvalue weighted by atomic mass is 9.82. The molecule has 0 aliphatic heterocycles. The maximum Gasteiger partial charge on any atom is 0.391 e. The van der Waals surface area contributed by atoms with E-state index >= 15 is 0 Å². The minimum atomic E-state index is -4.07. The number of alkyl halides is 3. The molecule has 0 bridgehead atoms. The second-order valence-corrected chi connectivity index (χ2v) is 6.33. The predicted molar refractivity (Wildman–Crippen MR) is 73.9 cm³/mol. The van der Waals surface area contributed by atoms with Gasteiger partial charge in [-0.3, -0.25) is 0 Å². The number of ether oxygens (including phenoxy) is 1. The number of nitrogens with zero attached hydrogens (tertiary/aromatic N) is 1. The summed E-state index contributed by atoms with van der Waals surface area (Å²) in [7, 11) is 0. The molecule has 7 heteroatoms. The molecule has 1 saturated carbocycles. The zero-order valence-corrected chi connectivity index (χ0v) is 12.9. The van der Waals surface area contributed by atoms with Crippen molar-refractivity contribution in [3.63, 3.8) is 0 Å². The molecule has 1 aromatic heterocycles. The van der Waals surface area contributed by atoms with Crippen LogP contribution in [0, 0.1) is 11.8 Å². The maximum atomic E-state index is 12.5. The topological polar surface area (TPSA) is 22.1 Å². The molecule has 112 valence electrons. The second-order valence-electron chi connectivity index (χ2n) is 5.01. The molecule has 0 atom stereocenters. The van der Waals surface area contributed by atoms with E-state index in [1.54, 1.807) is 12.3 Å².